The van der Waals surface area contributed by atoms with Crippen LogP contribution >= 0.6 is 0 Å². The Morgan fingerprint density at radius 1 is 1.06 bits per heavy atom. The summed E-state index contributed by atoms with van der Waals surface area (Å²) in [5, 5.41) is 4.54. The molecule has 0 saturated carbocycles. The van der Waals surface area contributed by atoms with Crippen LogP contribution in [-0.4, -0.2) is 58.6 Å². The lowest BCUT2D eigenvalue weighted by atomic mass is 10.0. The first kappa shape index (κ1) is 24.5. The van der Waals surface area contributed by atoms with Crippen LogP contribution in [0.3, 0.4) is 0 Å². The molecule has 184 valence electrons. The van der Waals surface area contributed by atoms with E-state index < -0.39 is 5.60 Å². The predicted octanol–water partition coefficient (Wildman–Crippen LogP) is 5.32. The normalized spacial score (nSPS) is 14.6. The standard InChI is InChI=1S/C28H34N4O3/c1-28(2,3)35-27(34)32-17-14-21(15-18-32)30-24-13-12-23(25-22(24)11-8-16-29-25)26(33)31(4)19-20-9-6-5-7-10-20/h5-13,16,21,30H,14-15,17-19H2,1-4H3. The summed E-state index contributed by atoms with van der Waals surface area (Å²) in [5.74, 6) is -0.0604. The lowest BCUT2D eigenvalue weighted by molar-refractivity contribution is 0.0210. The van der Waals surface area contributed by atoms with Crippen molar-refractivity contribution in [3.05, 3.63) is 71.9 Å². The minimum Gasteiger partial charge on any atom is -0.444 e. The van der Waals surface area contributed by atoms with Crippen LogP contribution in [0.15, 0.2) is 60.8 Å². The third-order valence-electron chi connectivity index (χ3n) is 6.12. The number of carbonyl (C=O) groups is 2. The summed E-state index contributed by atoms with van der Waals surface area (Å²) >= 11 is 0. The maximum Gasteiger partial charge on any atom is 0.410 e. The molecule has 35 heavy (non-hydrogen) atoms. The number of hydrogen-bond acceptors (Lipinski definition) is 5. The van der Waals surface area contributed by atoms with Crippen LogP contribution in [-0.2, 0) is 11.3 Å². The van der Waals surface area contributed by atoms with E-state index in [1.54, 1.807) is 16.0 Å². The molecule has 1 aliphatic heterocycles. The fourth-order valence-corrected chi connectivity index (χ4v) is 4.36. The summed E-state index contributed by atoms with van der Waals surface area (Å²) in [7, 11) is 1.81. The lowest BCUT2D eigenvalue weighted by Gasteiger charge is -2.34. The molecule has 0 atom stereocenters. The third kappa shape index (κ3) is 6.10. The highest BCUT2D eigenvalue weighted by Gasteiger charge is 2.27. The Bertz CT molecular complexity index is 1180. The van der Waals surface area contributed by atoms with E-state index in [2.05, 4.69) is 10.3 Å². The van der Waals surface area contributed by atoms with Gasteiger partial charge in [0.1, 0.15) is 5.60 Å². The number of nitrogens with zero attached hydrogens (tertiary/aromatic N) is 3. The molecule has 0 aliphatic carbocycles. The van der Waals surface area contributed by atoms with Crippen molar-refractivity contribution in [1.29, 1.82) is 0 Å². The fraction of sp³-hybridized carbons (Fsp3) is 0.393. The second-order valence-corrected chi connectivity index (χ2v) is 10.1. The number of piperidine rings is 1. The summed E-state index contributed by atoms with van der Waals surface area (Å²) in [4.78, 5) is 33.7. The number of amides is 2. The second-order valence-electron chi connectivity index (χ2n) is 10.1. The minimum atomic E-state index is -0.494. The molecule has 7 nitrogen and oxygen atoms in total. The molecule has 1 fully saturated rings. The summed E-state index contributed by atoms with van der Waals surface area (Å²) in [5.41, 5.74) is 2.81. The summed E-state index contributed by atoms with van der Waals surface area (Å²) < 4.78 is 5.50. The molecule has 0 spiro atoms. The van der Waals surface area contributed by atoms with Crippen molar-refractivity contribution in [2.24, 2.45) is 0 Å². The van der Waals surface area contributed by atoms with E-state index in [4.69, 9.17) is 4.74 Å². The van der Waals surface area contributed by atoms with E-state index in [1.807, 2.05) is 82.4 Å². The number of nitrogens with one attached hydrogen (secondary N) is 1. The molecule has 2 amide bonds. The number of hydrogen-bond donors (Lipinski definition) is 1. The van der Waals surface area contributed by atoms with Crippen LogP contribution in [0.25, 0.3) is 10.9 Å². The Morgan fingerprint density at radius 3 is 2.46 bits per heavy atom. The van der Waals surface area contributed by atoms with Crippen molar-refractivity contribution < 1.29 is 14.3 Å². The number of fused-ring (bicyclic) bond motifs is 1. The number of rotatable bonds is 5. The molecule has 7 heteroatoms. The molecule has 2 heterocycles. The first-order valence-electron chi connectivity index (χ1n) is 12.1. The first-order chi connectivity index (χ1) is 16.7. The smallest absolute Gasteiger partial charge is 0.410 e. The van der Waals surface area contributed by atoms with Gasteiger partial charge in [0.05, 0.1) is 11.1 Å². The highest BCUT2D eigenvalue weighted by atomic mass is 16.6. The molecule has 2 aromatic carbocycles. The van der Waals surface area contributed by atoms with E-state index in [0.717, 1.165) is 29.5 Å². The van der Waals surface area contributed by atoms with Crippen LogP contribution in [0.1, 0.15) is 49.5 Å². The zero-order chi connectivity index (χ0) is 25.0. The average Bonchev–Trinajstić information content (AvgIpc) is 2.84. The summed E-state index contributed by atoms with van der Waals surface area (Å²) in [6, 6.07) is 17.9. The van der Waals surface area contributed by atoms with Gasteiger partial charge in [0, 0.05) is 50.0 Å². The van der Waals surface area contributed by atoms with Gasteiger partial charge < -0.3 is 19.9 Å². The molecule has 0 bridgehead atoms. The van der Waals surface area contributed by atoms with Crippen molar-refractivity contribution in [2.45, 2.75) is 51.8 Å². The van der Waals surface area contributed by atoms with Crippen molar-refractivity contribution in [3.8, 4) is 0 Å². The molecular formula is C28H34N4O3. The van der Waals surface area contributed by atoms with Gasteiger partial charge in [0.25, 0.3) is 5.91 Å². The van der Waals surface area contributed by atoms with Crippen LogP contribution in [0, 0.1) is 0 Å². The van der Waals surface area contributed by atoms with Crippen LogP contribution in [0.2, 0.25) is 0 Å². The first-order valence-corrected chi connectivity index (χ1v) is 12.1. The number of aromatic nitrogens is 1. The van der Waals surface area contributed by atoms with Crippen molar-refractivity contribution in [1.82, 2.24) is 14.8 Å². The van der Waals surface area contributed by atoms with Gasteiger partial charge in [-0.25, -0.2) is 4.79 Å². The van der Waals surface area contributed by atoms with Gasteiger partial charge in [-0.2, -0.15) is 0 Å². The van der Waals surface area contributed by atoms with Crippen molar-refractivity contribution in [3.63, 3.8) is 0 Å². The molecule has 3 aromatic rings. The SMILES string of the molecule is CN(Cc1ccccc1)C(=O)c1ccc(NC2CCN(C(=O)OC(C)(C)C)CC2)c2cccnc12. The molecule has 1 aliphatic rings. The van der Waals surface area contributed by atoms with Gasteiger partial charge in [-0.3, -0.25) is 9.78 Å². The van der Waals surface area contributed by atoms with Crippen molar-refractivity contribution in [2.75, 3.05) is 25.5 Å². The number of carbonyl (C=O) groups excluding carboxylic acids is 2. The maximum absolute atomic E-state index is 13.3. The maximum atomic E-state index is 13.3. The van der Waals surface area contributed by atoms with E-state index in [0.29, 0.717) is 30.7 Å². The average molecular weight is 475 g/mol. The highest BCUT2D eigenvalue weighted by Crippen LogP contribution is 2.28. The predicted molar refractivity (Wildman–Crippen MR) is 138 cm³/mol. The van der Waals surface area contributed by atoms with E-state index in [1.165, 1.54) is 0 Å². The van der Waals surface area contributed by atoms with Crippen LogP contribution in [0.4, 0.5) is 10.5 Å². The third-order valence-corrected chi connectivity index (χ3v) is 6.12. The zero-order valence-corrected chi connectivity index (χ0v) is 21.0. The topological polar surface area (TPSA) is 74.8 Å². The quantitative estimate of drug-likeness (QED) is 0.542. The van der Waals surface area contributed by atoms with Gasteiger partial charge in [-0.15, -0.1) is 0 Å². The summed E-state index contributed by atoms with van der Waals surface area (Å²) in [6.45, 7) is 7.46. The van der Waals surface area contributed by atoms with E-state index in [9.17, 15) is 9.59 Å². The fourth-order valence-electron chi connectivity index (χ4n) is 4.36. The van der Waals surface area contributed by atoms with E-state index in [-0.39, 0.29) is 18.0 Å². The lowest BCUT2D eigenvalue weighted by Crippen LogP contribution is -2.44. The number of benzene rings is 2. The van der Waals surface area contributed by atoms with Gasteiger partial charge in [0.15, 0.2) is 0 Å². The Labute approximate surface area is 207 Å². The highest BCUT2D eigenvalue weighted by molar-refractivity contribution is 6.08. The number of anilines is 1. The number of likely N-dealkylation sites (tertiary alicyclic amines) is 1. The Kier molecular flexibility index (Phi) is 7.24. The van der Waals surface area contributed by atoms with Crippen LogP contribution in [0.5, 0.6) is 0 Å². The van der Waals surface area contributed by atoms with Gasteiger partial charge >= 0.3 is 6.09 Å². The molecule has 1 aromatic heterocycles. The van der Waals surface area contributed by atoms with Gasteiger partial charge in [-0.05, 0) is 63.4 Å². The van der Waals surface area contributed by atoms with E-state index >= 15 is 0 Å². The molecule has 4 rings (SSSR count). The molecular weight excluding hydrogens is 440 g/mol. The van der Waals surface area contributed by atoms with Gasteiger partial charge in [0.2, 0.25) is 0 Å². The zero-order valence-electron chi connectivity index (χ0n) is 21.0. The molecule has 0 unspecified atom stereocenters. The van der Waals surface area contributed by atoms with Gasteiger partial charge in [-0.1, -0.05) is 30.3 Å². The number of pyridine rings is 1. The second kappa shape index (κ2) is 10.3. The largest absolute Gasteiger partial charge is 0.444 e. The number of ether oxygens (including phenoxy) is 1. The molecule has 1 saturated heterocycles. The Morgan fingerprint density at radius 2 is 1.77 bits per heavy atom. The Hall–Kier alpha value is -3.61. The minimum absolute atomic E-state index is 0.0604. The molecule has 0 radical (unpaired) electrons. The van der Waals surface area contributed by atoms with Crippen molar-refractivity contribution >= 4 is 28.6 Å². The monoisotopic (exact) mass is 474 g/mol. The summed E-state index contributed by atoms with van der Waals surface area (Å²) in [6.07, 6.45) is 3.11. The van der Waals surface area contributed by atoms with Crippen LogP contribution < -0.4 is 5.32 Å². The molecule has 1 N–H and O–H groups in total. The Balaban J connectivity index is 1.46.